The summed E-state index contributed by atoms with van der Waals surface area (Å²) in [4.78, 5) is 17.3. The third-order valence-electron chi connectivity index (χ3n) is 3.88. The lowest BCUT2D eigenvalue weighted by atomic mass is 10.2. The summed E-state index contributed by atoms with van der Waals surface area (Å²) in [5.74, 6) is 0.415. The lowest BCUT2D eigenvalue weighted by Crippen LogP contribution is -2.39. The van der Waals surface area contributed by atoms with Gasteiger partial charge in [0, 0.05) is 35.1 Å². The molecule has 29 heavy (non-hydrogen) atoms. The van der Waals surface area contributed by atoms with Gasteiger partial charge in [-0.05, 0) is 43.7 Å². The molecule has 1 unspecified atom stereocenters. The molecule has 0 aliphatic heterocycles. The monoisotopic (exact) mass is 570 g/mol. The minimum atomic E-state index is -0.720. The Morgan fingerprint density at radius 1 is 1.24 bits per heavy atom. The van der Waals surface area contributed by atoms with Gasteiger partial charge in [-0.25, -0.2) is 0 Å². The van der Waals surface area contributed by atoms with Crippen molar-refractivity contribution in [3.05, 3.63) is 50.1 Å². The molecule has 6 nitrogen and oxygen atoms in total. The molecule has 1 aromatic carbocycles. The fraction of sp³-hybridized carbons (Fsp3) is 0.368. The number of aliphatic hydroxyl groups excluding tert-OH is 1. The number of carbonyl (C=O) groups excluding carboxylic acids is 1. The largest absolute Gasteiger partial charge is 0.386 e. The van der Waals surface area contributed by atoms with E-state index in [0.29, 0.717) is 34.1 Å². The number of rotatable bonds is 8. The van der Waals surface area contributed by atoms with Gasteiger partial charge in [-0.15, -0.1) is 35.3 Å². The third-order valence-corrected chi connectivity index (χ3v) is 5.62. The van der Waals surface area contributed by atoms with Gasteiger partial charge in [-0.2, -0.15) is 0 Å². The number of anilines is 1. The Labute approximate surface area is 202 Å². The van der Waals surface area contributed by atoms with Crippen LogP contribution in [0.15, 0.2) is 35.3 Å². The van der Waals surface area contributed by atoms with Gasteiger partial charge in [0.1, 0.15) is 6.10 Å². The third kappa shape index (κ3) is 8.67. The van der Waals surface area contributed by atoms with Crippen molar-refractivity contribution < 1.29 is 9.90 Å². The Morgan fingerprint density at radius 3 is 2.66 bits per heavy atom. The van der Waals surface area contributed by atoms with Crippen LogP contribution in [0.2, 0.25) is 9.36 Å². The van der Waals surface area contributed by atoms with E-state index in [9.17, 15) is 9.90 Å². The SMILES string of the molecule is CCNC(=NCC(O)c1ccc(Cl)s1)NCCC(=O)Nc1cccc(Cl)c1C.I. The summed E-state index contributed by atoms with van der Waals surface area (Å²) in [6.07, 6.45) is -0.457. The van der Waals surface area contributed by atoms with E-state index in [1.807, 2.05) is 19.9 Å². The molecule has 2 aromatic rings. The van der Waals surface area contributed by atoms with Gasteiger partial charge in [0.2, 0.25) is 5.91 Å². The number of hydrogen-bond donors (Lipinski definition) is 4. The van der Waals surface area contributed by atoms with Crippen LogP contribution < -0.4 is 16.0 Å². The number of aliphatic hydroxyl groups is 1. The van der Waals surface area contributed by atoms with E-state index in [1.165, 1.54) is 11.3 Å². The lowest BCUT2D eigenvalue weighted by Gasteiger charge is -2.13. The zero-order valence-electron chi connectivity index (χ0n) is 16.2. The second-order valence-corrected chi connectivity index (χ2v) is 8.17. The molecular weight excluding hydrogens is 546 g/mol. The number of guanidine groups is 1. The van der Waals surface area contributed by atoms with E-state index >= 15 is 0 Å². The van der Waals surface area contributed by atoms with Crippen LogP contribution in [0.25, 0.3) is 0 Å². The van der Waals surface area contributed by atoms with E-state index in [2.05, 4.69) is 20.9 Å². The lowest BCUT2D eigenvalue weighted by molar-refractivity contribution is -0.116. The highest BCUT2D eigenvalue weighted by molar-refractivity contribution is 14.0. The highest BCUT2D eigenvalue weighted by Gasteiger charge is 2.11. The van der Waals surface area contributed by atoms with Crippen molar-refractivity contribution in [2.24, 2.45) is 4.99 Å². The summed E-state index contributed by atoms with van der Waals surface area (Å²) in [6, 6.07) is 8.93. The number of amides is 1. The zero-order chi connectivity index (χ0) is 20.5. The van der Waals surface area contributed by atoms with Crippen LogP contribution in [0.4, 0.5) is 5.69 Å². The molecule has 1 amide bonds. The van der Waals surface area contributed by atoms with Crippen LogP contribution in [0.3, 0.4) is 0 Å². The molecule has 160 valence electrons. The Hall–Kier alpha value is -1.07. The van der Waals surface area contributed by atoms with Gasteiger partial charge in [-0.3, -0.25) is 9.79 Å². The fourth-order valence-electron chi connectivity index (χ4n) is 2.37. The minimum Gasteiger partial charge on any atom is -0.386 e. The second-order valence-electron chi connectivity index (χ2n) is 6.01. The predicted octanol–water partition coefficient (Wildman–Crippen LogP) is 4.60. The van der Waals surface area contributed by atoms with E-state index in [-0.39, 0.29) is 42.8 Å². The maximum Gasteiger partial charge on any atom is 0.226 e. The van der Waals surface area contributed by atoms with Gasteiger partial charge in [0.05, 0.1) is 10.9 Å². The topological polar surface area (TPSA) is 85.8 Å². The molecule has 0 saturated carbocycles. The first kappa shape index (κ1) is 26.0. The molecule has 0 radical (unpaired) electrons. The van der Waals surface area contributed by atoms with Crippen LogP contribution in [0.5, 0.6) is 0 Å². The van der Waals surface area contributed by atoms with Crippen molar-refractivity contribution >= 4 is 76.1 Å². The van der Waals surface area contributed by atoms with Crippen molar-refractivity contribution in [2.75, 3.05) is 25.0 Å². The number of thiophene rings is 1. The molecule has 0 bridgehead atoms. The summed E-state index contributed by atoms with van der Waals surface area (Å²) in [7, 11) is 0. The smallest absolute Gasteiger partial charge is 0.226 e. The molecule has 0 aliphatic carbocycles. The molecule has 1 atom stereocenters. The van der Waals surface area contributed by atoms with Crippen LogP contribution >= 0.6 is 58.5 Å². The van der Waals surface area contributed by atoms with E-state index < -0.39 is 6.10 Å². The highest BCUT2D eigenvalue weighted by Crippen LogP contribution is 2.27. The Balaban J connectivity index is 0.00000420. The van der Waals surface area contributed by atoms with Crippen LogP contribution in [-0.2, 0) is 4.79 Å². The van der Waals surface area contributed by atoms with E-state index in [4.69, 9.17) is 23.2 Å². The average Bonchev–Trinajstić information content (AvgIpc) is 3.10. The Morgan fingerprint density at radius 2 is 2.00 bits per heavy atom. The second kappa shape index (κ2) is 13.3. The first-order valence-corrected chi connectivity index (χ1v) is 10.5. The van der Waals surface area contributed by atoms with Crippen LogP contribution in [0, 0.1) is 6.92 Å². The first-order chi connectivity index (χ1) is 13.4. The van der Waals surface area contributed by atoms with E-state index in [0.717, 1.165) is 10.4 Å². The molecule has 0 spiro atoms. The average molecular weight is 571 g/mol. The summed E-state index contributed by atoms with van der Waals surface area (Å²) in [5.41, 5.74) is 1.54. The Kier molecular flexibility index (Phi) is 11.9. The van der Waals surface area contributed by atoms with Gasteiger partial charge in [0.15, 0.2) is 5.96 Å². The van der Waals surface area contributed by atoms with Gasteiger partial charge in [0.25, 0.3) is 0 Å². The first-order valence-electron chi connectivity index (χ1n) is 8.91. The molecular formula is C19H25Cl2IN4O2S. The van der Waals surface area contributed by atoms with Crippen molar-refractivity contribution in [3.63, 3.8) is 0 Å². The number of hydrogen-bond acceptors (Lipinski definition) is 4. The van der Waals surface area contributed by atoms with Gasteiger partial charge >= 0.3 is 0 Å². The van der Waals surface area contributed by atoms with Crippen molar-refractivity contribution in [2.45, 2.75) is 26.4 Å². The van der Waals surface area contributed by atoms with E-state index in [1.54, 1.807) is 24.3 Å². The number of nitrogens with zero attached hydrogens (tertiary/aromatic N) is 1. The zero-order valence-corrected chi connectivity index (χ0v) is 20.8. The fourth-order valence-corrected chi connectivity index (χ4v) is 3.58. The van der Waals surface area contributed by atoms with Crippen molar-refractivity contribution in [3.8, 4) is 0 Å². The summed E-state index contributed by atoms with van der Waals surface area (Å²) in [5, 5.41) is 19.8. The van der Waals surface area contributed by atoms with Crippen molar-refractivity contribution in [1.82, 2.24) is 10.6 Å². The highest BCUT2D eigenvalue weighted by atomic mass is 127. The maximum atomic E-state index is 12.2. The maximum absolute atomic E-state index is 12.2. The van der Waals surface area contributed by atoms with Crippen LogP contribution in [-0.4, -0.2) is 36.6 Å². The number of aliphatic imine (C=N–C) groups is 1. The van der Waals surface area contributed by atoms with Gasteiger partial charge < -0.3 is 21.1 Å². The minimum absolute atomic E-state index is 0. The van der Waals surface area contributed by atoms with Crippen LogP contribution in [0.1, 0.15) is 29.9 Å². The normalized spacial score (nSPS) is 12.1. The predicted molar refractivity (Wildman–Crippen MR) is 133 cm³/mol. The summed E-state index contributed by atoms with van der Waals surface area (Å²) >= 11 is 13.3. The van der Waals surface area contributed by atoms with Crippen molar-refractivity contribution in [1.29, 1.82) is 0 Å². The summed E-state index contributed by atoms with van der Waals surface area (Å²) < 4.78 is 0.629. The molecule has 0 saturated heterocycles. The molecule has 2 rings (SSSR count). The number of nitrogens with one attached hydrogen (secondary N) is 3. The molecule has 4 N–H and O–H groups in total. The standard InChI is InChI=1S/C19H24Cl2N4O2S.HI/c1-3-22-19(24-11-15(26)16-7-8-17(21)28-16)23-10-9-18(27)25-14-6-4-5-13(20)12(14)2;/h4-8,15,26H,3,9-11H2,1-2H3,(H,25,27)(H2,22,23,24);1H. The molecule has 1 aromatic heterocycles. The number of benzene rings is 1. The Bertz CT molecular complexity index is 832. The quantitative estimate of drug-likeness (QED) is 0.212. The summed E-state index contributed by atoms with van der Waals surface area (Å²) in [6.45, 7) is 5.07. The molecule has 1 heterocycles. The molecule has 0 fully saturated rings. The number of halogens is 3. The molecule has 0 aliphatic rings. The number of carbonyl (C=O) groups is 1. The van der Waals surface area contributed by atoms with Gasteiger partial charge in [-0.1, -0.05) is 29.3 Å². The molecule has 10 heteroatoms.